The second-order valence-corrected chi connectivity index (χ2v) is 9.37. The summed E-state index contributed by atoms with van der Waals surface area (Å²) in [6.07, 6.45) is 2.58. The van der Waals surface area contributed by atoms with Crippen LogP contribution >= 0.6 is 0 Å². The molecule has 0 radical (unpaired) electrons. The average Bonchev–Trinajstić information content (AvgIpc) is 3.08. The van der Waals surface area contributed by atoms with Gasteiger partial charge in [0.05, 0.1) is 17.6 Å². The van der Waals surface area contributed by atoms with Crippen molar-refractivity contribution in [2.45, 2.75) is 12.7 Å². The zero-order chi connectivity index (χ0) is 22.0. The van der Waals surface area contributed by atoms with Gasteiger partial charge in [0.25, 0.3) is 5.91 Å². The van der Waals surface area contributed by atoms with Gasteiger partial charge in [-0.1, -0.05) is 35.9 Å². The van der Waals surface area contributed by atoms with E-state index in [4.69, 9.17) is 9.15 Å². The number of nitrogens with one attached hydrogen (secondary N) is 1. The maximum Gasteiger partial charge on any atom is 0.291 e. The molecule has 0 saturated carbocycles. The first-order valence-corrected chi connectivity index (χ1v) is 11.5. The average molecular weight is 436 g/mol. The lowest BCUT2D eigenvalue weighted by molar-refractivity contribution is 0.0997. The van der Waals surface area contributed by atoms with Crippen molar-refractivity contribution < 1.29 is 22.4 Å². The molecule has 0 aliphatic rings. The van der Waals surface area contributed by atoms with Gasteiger partial charge in [-0.25, -0.2) is 13.4 Å². The lowest BCUT2D eigenvalue weighted by Gasteiger charge is -2.07. The van der Waals surface area contributed by atoms with Crippen molar-refractivity contribution in [3.8, 4) is 11.6 Å². The van der Waals surface area contributed by atoms with Crippen LogP contribution in [-0.4, -0.2) is 25.6 Å². The van der Waals surface area contributed by atoms with Crippen molar-refractivity contribution in [1.82, 2.24) is 4.98 Å². The number of pyridine rings is 1. The number of ether oxygens (including phenoxy) is 1. The molecule has 1 N–H and O–H groups in total. The highest BCUT2D eigenvalue weighted by Gasteiger charge is 2.23. The van der Waals surface area contributed by atoms with Gasteiger partial charge in [0.15, 0.2) is 15.6 Å². The Labute approximate surface area is 179 Å². The molecule has 8 heteroatoms. The molecule has 2 heterocycles. The summed E-state index contributed by atoms with van der Waals surface area (Å²) < 4.78 is 35.1. The first kappa shape index (κ1) is 20.6. The molecule has 158 valence electrons. The van der Waals surface area contributed by atoms with Crippen LogP contribution < -0.4 is 10.1 Å². The first-order chi connectivity index (χ1) is 14.8. The number of hydrogen-bond donors (Lipinski definition) is 1. The third-order valence-electron chi connectivity index (χ3n) is 4.55. The summed E-state index contributed by atoms with van der Waals surface area (Å²) >= 11 is 0. The number of aryl methyl sites for hydroxylation is 1. The molecule has 1 amide bonds. The van der Waals surface area contributed by atoms with Crippen molar-refractivity contribution in [2.75, 3.05) is 11.6 Å². The van der Waals surface area contributed by atoms with Gasteiger partial charge in [0.2, 0.25) is 5.88 Å². The second kappa shape index (κ2) is 8.23. The number of anilines is 1. The molecule has 0 unspecified atom stereocenters. The smallest absolute Gasteiger partial charge is 0.291 e. The summed E-state index contributed by atoms with van der Waals surface area (Å²) in [7, 11) is -3.37. The number of aromatic nitrogens is 1. The molecule has 0 spiro atoms. The summed E-state index contributed by atoms with van der Waals surface area (Å²) in [5, 5.41) is 3.29. The Morgan fingerprint density at radius 1 is 1.06 bits per heavy atom. The molecule has 4 rings (SSSR count). The van der Waals surface area contributed by atoms with Crippen molar-refractivity contribution in [3.63, 3.8) is 0 Å². The molecule has 31 heavy (non-hydrogen) atoms. The molecule has 0 atom stereocenters. The second-order valence-electron chi connectivity index (χ2n) is 7.23. The molecule has 7 nitrogen and oxygen atoms in total. The Kier molecular flexibility index (Phi) is 5.48. The van der Waals surface area contributed by atoms with Gasteiger partial charge >= 0.3 is 0 Å². The summed E-state index contributed by atoms with van der Waals surface area (Å²) in [6.45, 7) is 1.99. The number of hydrogen-bond acceptors (Lipinski definition) is 6. The fraction of sp³-hybridized carbons (Fsp3) is 0.130. The van der Waals surface area contributed by atoms with Crippen LogP contribution in [0.3, 0.4) is 0 Å². The summed E-state index contributed by atoms with van der Waals surface area (Å²) in [6, 6.07) is 17.8. The van der Waals surface area contributed by atoms with E-state index in [2.05, 4.69) is 10.3 Å². The number of carbonyl (C=O) groups is 1. The summed E-state index contributed by atoms with van der Waals surface area (Å²) in [5.74, 6) is 0.148. The Morgan fingerprint density at radius 2 is 1.81 bits per heavy atom. The molecular weight excluding hydrogens is 416 g/mol. The number of nitrogens with zero attached hydrogens (tertiary/aromatic N) is 1. The van der Waals surface area contributed by atoms with Gasteiger partial charge in [0.1, 0.15) is 11.3 Å². The van der Waals surface area contributed by atoms with Crippen molar-refractivity contribution in [1.29, 1.82) is 0 Å². The van der Waals surface area contributed by atoms with E-state index in [-0.39, 0.29) is 11.5 Å². The van der Waals surface area contributed by atoms with Crippen molar-refractivity contribution in [2.24, 2.45) is 0 Å². The molecule has 0 aliphatic heterocycles. The van der Waals surface area contributed by atoms with Crippen LogP contribution in [0.2, 0.25) is 0 Å². The predicted octanol–water partition coefficient (Wildman–Crippen LogP) is 4.73. The number of fused-ring (bicyclic) bond motifs is 1. The molecule has 2 aromatic carbocycles. The third kappa shape index (κ3) is 4.92. The SMILES string of the molecule is Cc1ccc(Oc2ccc(NC(=O)c3oc4ccccc4c3CS(C)(=O)=O)cn2)cc1. The highest BCUT2D eigenvalue weighted by atomic mass is 32.2. The number of furan rings is 1. The maximum absolute atomic E-state index is 12.8. The van der Waals surface area contributed by atoms with E-state index < -0.39 is 15.7 Å². The number of para-hydroxylation sites is 1. The standard InChI is InChI=1S/C23H20N2O5S/c1-15-7-10-17(11-8-15)29-21-12-9-16(13-24-21)25-23(26)22-19(14-31(2,27)28)18-5-3-4-6-20(18)30-22/h3-13H,14H2,1-2H3,(H,25,26). The van der Waals surface area contributed by atoms with E-state index in [1.165, 1.54) is 6.20 Å². The molecule has 2 aromatic heterocycles. The van der Waals surface area contributed by atoms with Crippen molar-refractivity contribution in [3.05, 3.63) is 83.7 Å². The van der Waals surface area contributed by atoms with Crippen LogP contribution in [0, 0.1) is 6.92 Å². The largest absolute Gasteiger partial charge is 0.451 e. The Hall–Kier alpha value is -3.65. The first-order valence-electron chi connectivity index (χ1n) is 9.48. The third-order valence-corrected chi connectivity index (χ3v) is 5.36. The molecule has 4 aromatic rings. The fourth-order valence-electron chi connectivity index (χ4n) is 3.12. The Bertz CT molecular complexity index is 1340. The van der Waals surface area contributed by atoms with Gasteiger partial charge < -0.3 is 14.5 Å². The van der Waals surface area contributed by atoms with Gasteiger partial charge in [-0.15, -0.1) is 0 Å². The monoisotopic (exact) mass is 436 g/mol. The Balaban J connectivity index is 1.55. The zero-order valence-corrected chi connectivity index (χ0v) is 17.8. The normalized spacial score (nSPS) is 11.4. The van der Waals surface area contributed by atoms with Gasteiger partial charge in [-0.05, 0) is 31.2 Å². The van der Waals surface area contributed by atoms with Crippen LogP contribution in [0.4, 0.5) is 5.69 Å². The van der Waals surface area contributed by atoms with Crippen LogP contribution in [0.5, 0.6) is 11.6 Å². The quantitative estimate of drug-likeness (QED) is 0.469. The molecule has 0 bridgehead atoms. The highest BCUT2D eigenvalue weighted by molar-refractivity contribution is 7.89. The molecular formula is C23H20N2O5S. The van der Waals surface area contributed by atoms with Gasteiger partial charge in [-0.3, -0.25) is 4.79 Å². The van der Waals surface area contributed by atoms with Gasteiger partial charge in [-0.2, -0.15) is 0 Å². The topological polar surface area (TPSA) is 98.5 Å². The molecule has 0 aliphatic carbocycles. The van der Waals surface area contributed by atoms with Crippen LogP contribution in [0.15, 0.2) is 71.3 Å². The van der Waals surface area contributed by atoms with E-state index in [0.29, 0.717) is 33.8 Å². The minimum Gasteiger partial charge on any atom is -0.451 e. The van der Waals surface area contributed by atoms with E-state index >= 15 is 0 Å². The van der Waals surface area contributed by atoms with E-state index in [9.17, 15) is 13.2 Å². The lowest BCUT2D eigenvalue weighted by Crippen LogP contribution is -2.14. The number of rotatable bonds is 6. The van der Waals surface area contributed by atoms with Crippen molar-refractivity contribution >= 4 is 32.4 Å². The van der Waals surface area contributed by atoms with Crippen LogP contribution in [-0.2, 0) is 15.6 Å². The minimum absolute atomic E-state index is 0.0355. The van der Waals surface area contributed by atoms with Crippen LogP contribution in [0.25, 0.3) is 11.0 Å². The van der Waals surface area contributed by atoms with E-state index in [1.807, 2.05) is 31.2 Å². The highest BCUT2D eigenvalue weighted by Crippen LogP contribution is 2.28. The minimum atomic E-state index is -3.37. The molecule has 0 fully saturated rings. The van der Waals surface area contributed by atoms with E-state index in [1.54, 1.807) is 36.4 Å². The lowest BCUT2D eigenvalue weighted by atomic mass is 10.1. The van der Waals surface area contributed by atoms with Gasteiger partial charge in [0, 0.05) is 23.3 Å². The zero-order valence-electron chi connectivity index (χ0n) is 17.0. The number of carbonyl (C=O) groups excluding carboxylic acids is 1. The molecule has 0 saturated heterocycles. The summed E-state index contributed by atoms with van der Waals surface area (Å²) in [5.41, 5.74) is 2.33. The summed E-state index contributed by atoms with van der Waals surface area (Å²) in [4.78, 5) is 17.0. The predicted molar refractivity (Wildman–Crippen MR) is 118 cm³/mol. The fourth-order valence-corrected chi connectivity index (χ4v) is 3.93. The number of benzene rings is 2. The number of sulfone groups is 1. The van der Waals surface area contributed by atoms with Crippen LogP contribution in [0.1, 0.15) is 21.7 Å². The van der Waals surface area contributed by atoms with E-state index in [0.717, 1.165) is 11.8 Å². The Morgan fingerprint density at radius 3 is 2.48 bits per heavy atom. The maximum atomic E-state index is 12.8. The number of amides is 1.